The minimum Gasteiger partial charge on any atom is -0.491 e. The first kappa shape index (κ1) is 13.7. The lowest BCUT2D eigenvalue weighted by Crippen LogP contribution is -2.39. The zero-order valence-electron chi connectivity index (χ0n) is 7.44. The zero-order valence-corrected chi connectivity index (χ0v) is 7.44. The van der Waals surface area contributed by atoms with Gasteiger partial charge < -0.3 is 9.84 Å². The van der Waals surface area contributed by atoms with Gasteiger partial charge in [-0.2, -0.15) is 22.0 Å². The molecule has 88 valence electrons. The van der Waals surface area contributed by atoms with Crippen molar-refractivity contribution in [2.24, 2.45) is 0 Å². The molecule has 0 unspecified atom stereocenters. The van der Waals surface area contributed by atoms with Crippen LogP contribution in [0.25, 0.3) is 0 Å². The van der Waals surface area contributed by atoms with E-state index in [9.17, 15) is 26.7 Å². The van der Waals surface area contributed by atoms with Gasteiger partial charge in [-0.25, -0.2) is 4.79 Å². The third-order valence-corrected chi connectivity index (χ3v) is 1.22. The number of hydrogen-bond donors (Lipinski definition) is 1. The van der Waals surface area contributed by atoms with Crippen LogP contribution < -0.4 is 0 Å². The summed E-state index contributed by atoms with van der Waals surface area (Å²) in [5.74, 6) is -9.17. The van der Waals surface area contributed by atoms with Crippen LogP contribution in [0, 0.1) is 0 Å². The fourth-order valence-electron chi connectivity index (χ4n) is 0.630. The van der Waals surface area contributed by atoms with Crippen molar-refractivity contribution in [3.63, 3.8) is 0 Å². The maximum atomic E-state index is 12.6. The van der Waals surface area contributed by atoms with Gasteiger partial charge >= 0.3 is 18.1 Å². The highest BCUT2D eigenvalue weighted by molar-refractivity contribution is 5.80. The molecule has 3 nitrogen and oxygen atoms in total. The summed E-state index contributed by atoms with van der Waals surface area (Å²) in [4.78, 5) is 10.0. The Morgan fingerprint density at radius 3 is 2.07 bits per heavy atom. The highest BCUT2D eigenvalue weighted by Crippen LogP contribution is 2.41. The van der Waals surface area contributed by atoms with E-state index in [1.165, 1.54) is 0 Å². The smallest absolute Gasteiger partial charge is 0.461 e. The molecule has 0 atom stereocenters. The maximum Gasteiger partial charge on any atom is 0.461 e. The summed E-state index contributed by atoms with van der Waals surface area (Å²) in [7, 11) is 0. The Hall–Kier alpha value is -1.34. The molecule has 0 rings (SSSR count). The van der Waals surface area contributed by atoms with Crippen molar-refractivity contribution in [3.8, 4) is 0 Å². The first-order valence-corrected chi connectivity index (χ1v) is 3.65. The fraction of sp³-hybridized carbons (Fsp3) is 0.571. The Morgan fingerprint density at radius 2 is 1.80 bits per heavy atom. The Morgan fingerprint density at radius 1 is 1.33 bits per heavy atom. The minimum absolute atomic E-state index is 0.309. The first-order valence-electron chi connectivity index (χ1n) is 3.65. The number of carboxylic acid groups (broad SMARTS) is 1. The van der Waals surface area contributed by atoms with Crippen LogP contribution in [-0.4, -0.2) is 29.8 Å². The minimum atomic E-state index is -5.89. The molecule has 8 heteroatoms. The molecular formula is C7H7F5O3. The van der Waals surface area contributed by atoms with Crippen molar-refractivity contribution < 1.29 is 36.6 Å². The van der Waals surface area contributed by atoms with E-state index in [2.05, 4.69) is 4.74 Å². The second-order valence-electron chi connectivity index (χ2n) is 2.35. The van der Waals surface area contributed by atoms with E-state index >= 15 is 0 Å². The number of ether oxygens (including phenoxy) is 1. The molecule has 0 saturated heterocycles. The largest absolute Gasteiger partial charge is 0.491 e. The quantitative estimate of drug-likeness (QED) is 0.460. The number of carboxylic acids is 1. The number of hydrogen-bond acceptors (Lipinski definition) is 2. The molecule has 0 aromatic heterocycles. The average molecular weight is 234 g/mol. The van der Waals surface area contributed by atoms with Crippen LogP contribution >= 0.6 is 0 Å². The summed E-state index contributed by atoms with van der Waals surface area (Å²) >= 11 is 0. The van der Waals surface area contributed by atoms with Gasteiger partial charge in [-0.05, 0) is 6.92 Å². The van der Waals surface area contributed by atoms with Crippen LogP contribution in [0.3, 0.4) is 0 Å². The molecule has 0 heterocycles. The number of aliphatic carboxylic acids is 1. The molecule has 0 aliphatic rings. The summed E-state index contributed by atoms with van der Waals surface area (Å²) in [6, 6.07) is 0. The Kier molecular flexibility index (Phi) is 4.06. The van der Waals surface area contributed by atoms with Crippen molar-refractivity contribution in [1.82, 2.24) is 0 Å². The van der Waals surface area contributed by atoms with Crippen LogP contribution in [0.1, 0.15) is 6.92 Å². The van der Waals surface area contributed by atoms with Gasteiger partial charge in [0.05, 0.1) is 12.7 Å². The van der Waals surface area contributed by atoms with Crippen LogP contribution in [-0.2, 0) is 9.53 Å². The SMILES string of the molecule is CCOC(=CC(=O)O)C(F)(F)C(F)(F)F. The van der Waals surface area contributed by atoms with Crippen molar-refractivity contribution >= 4 is 5.97 Å². The van der Waals surface area contributed by atoms with Crippen LogP contribution in [0.15, 0.2) is 11.8 Å². The maximum absolute atomic E-state index is 12.6. The third-order valence-electron chi connectivity index (χ3n) is 1.22. The Labute approximate surface area is 81.1 Å². The van der Waals surface area contributed by atoms with Crippen LogP contribution in [0.4, 0.5) is 22.0 Å². The predicted molar refractivity (Wildman–Crippen MR) is 38.3 cm³/mol. The summed E-state index contributed by atoms with van der Waals surface area (Å²) in [6.07, 6.45) is -6.19. The standard InChI is InChI=1S/C7H7F5O3/c1-2-15-4(3-5(13)14)6(8,9)7(10,11)12/h3H,2H2,1H3,(H,13,14). The van der Waals surface area contributed by atoms with Gasteiger partial charge in [-0.1, -0.05) is 0 Å². The molecule has 0 spiro atoms. The average Bonchev–Trinajstić information content (AvgIpc) is 2.00. The Bertz CT molecular complexity index is 268. The summed E-state index contributed by atoms with van der Waals surface area (Å²) in [6.45, 7) is 0.660. The van der Waals surface area contributed by atoms with Crippen molar-refractivity contribution in [1.29, 1.82) is 0 Å². The molecule has 0 aliphatic heterocycles. The molecule has 0 saturated carbocycles. The summed E-state index contributed by atoms with van der Waals surface area (Å²) in [5.41, 5.74) is 0. The lowest BCUT2D eigenvalue weighted by atomic mass is 10.2. The van der Waals surface area contributed by atoms with E-state index < -0.39 is 30.4 Å². The molecule has 0 aromatic rings. The van der Waals surface area contributed by atoms with Gasteiger partial charge in [0, 0.05) is 0 Å². The van der Waals surface area contributed by atoms with Crippen molar-refractivity contribution in [2.45, 2.75) is 19.0 Å². The number of carbonyl (C=O) groups is 1. The van der Waals surface area contributed by atoms with Gasteiger partial charge in [-0.15, -0.1) is 0 Å². The molecule has 0 bridgehead atoms. The number of allylic oxidation sites excluding steroid dienone is 1. The molecule has 0 aliphatic carbocycles. The zero-order chi connectivity index (χ0) is 12.3. The van der Waals surface area contributed by atoms with Gasteiger partial charge in [0.2, 0.25) is 0 Å². The topological polar surface area (TPSA) is 46.5 Å². The van der Waals surface area contributed by atoms with Crippen LogP contribution in [0.2, 0.25) is 0 Å². The van der Waals surface area contributed by atoms with Crippen molar-refractivity contribution in [3.05, 3.63) is 11.8 Å². The Balaban J connectivity index is 5.17. The van der Waals surface area contributed by atoms with Gasteiger partial charge in [0.15, 0.2) is 5.76 Å². The highest BCUT2D eigenvalue weighted by Gasteiger charge is 2.61. The molecule has 15 heavy (non-hydrogen) atoms. The number of alkyl halides is 5. The highest BCUT2D eigenvalue weighted by atomic mass is 19.4. The van der Waals surface area contributed by atoms with E-state index in [-0.39, 0.29) is 6.08 Å². The molecular weight excluding hydrogens is 227 g/mol. The van der Waals surface area contributed by atoms with Crippen molar-refractivity contribution in [2.75, 3.05) is 6.61 Å². The van der Waals surface area contributed by atoms with E-state index in [4.69, 9.17) is 5.11 Å². The number of rotatable bonds is 4. The predicted octanol–water partition coefficient (Wildman–Crippen LogP) is 2.19. The summed E-state index contributed by atoms with van der Waals surface area (Å²) < 4.78 is 64.5. The van der Waals surface area contributed by atoms with Gasteiger partial charge in [0.1, 0.15) is 0 Å². The van der Waals surface area contributed by atoms with E-state index in [1.54, 1.807) is 0 Å². The van der Waals surface area contributed by atoms with E-state index in [1.807, 2.05) is 0 Å². The normalized spacial score (nSPS) is 13.9. The van der Waals surface area contributed by atoms with Gasteiger partial charge in [-0.3, -0.25) is 0 Å². The monoisotopic (exact) mass is 234 g/mol. The summed E-state index contributed by atoms with van der Waals surface area (Å²) in [5, 5.41) is 8.08. The second-order valence-corrected chi connectivity index (χ2v) is 2.35. The van der Waals surface area contributed by atoms with E-state index in [0.29, 0.717) is 0 Å². The molecule has 0 fully saturated rings. The van der Waals surface area contributed by atoms with E-state index in [0.717, 1.165) is 6.92 Å². The first-order chi connectivity index (χ1) is 6.63. The molecule has 0 aromatic carbocycles. The third kappa shape index (κ3) is 3.37. The molecule has 0 amide bonds. The molecule has 1 N–H and O–H groups in total. The second kappa shape index (κ2) is 4.45. The lowest BCUT2D eigenvalue weighted by Gasteiger charge is -2.21. The van der Waals surface area contributed by atoms with Gasteiger partial charge in [0.25, 0.3) is 0 Å². The van der Waals surface area contributed by atoms with Crippen LogP contribution in [0.5, 0.6) is 0 Å². The lowest BCUT2D eigenvalue weighted by molar-refractivity contribution is -0.276. The number of halogens is 5. The fourth-order valence-corrected chi connectivity index (χ4v) is 0.630. The molecule has 0 radical (unpaired) electrons.